The maximum Gasteiger partial charge on any atom is 0.161 e. The highest BCUT2D eigenvalue weighted by Gasteiger charge is 2.60. The molecule has 0 amide bonds. The second-order valence-corrected chi connectivity index (χ2v) is 34.8. The Balaban J connectivity index is 0.000000258. The lowest BCUT2D eigenvalue weighted by molar-refractivity contribution is -0.179. The van der Waals surface area contributed by atoms with Crippen LogP contribution in [0.3, 0.4) is 0 Å². The second-order valence-electron chi connectivity index (χ2n) is 34.8. The van der Waals surface area contributed by atoms with Crippen molar-refractivity contribution in [1.82, 2.24) is 0 Å². The molecular weight excluding hydrogens is 1250 g/mol. The fraction of sp³-hybridized carbons (Fsp3) is 0.761. The van der Waals surface area contributed by atoms with Gasteiger partial charge in [0.25, 0.3) is 0 Å². The van der Waals surface area contributed by atoms with Crippen LogP contribution in [0.4, 0.5) is 0 Å². The number of fused-ring (bicyclic) bond motifs is 13. The standard InChI is InChI=1S/C22H32O.C21H30O.2C12H18O.C11H16O.2C5H12O2.4CH4/c1-5-15-7-9-19-18-8-6-16-14-17(23-4)10-12-22(16,3)20(18)11-13-21(15,19)2;1-4-14-6-8-18-17-7-5-15-13-16(22)9-11-21(15,3)19(17)10-12-20(14,18)2;2*1-12-7-4-3-5-10(12)9-11(13-2)6-8-12;1-11-6-3-2-4-9(11)8-10(12)5-7-11;2*1-5(2,6-3)7-4;;;;/h5-6,14-15,18-20H,1,7-13H2,2-4H3;4,13-14,17-19H,1,5-12H2,2-3H3;2*5,9H,3-4,6-8H2,1-2H3;8H,2-7H2,1H3;2*1-4H3;4*1H4/t15-,18?,19?,20?,21+,22-;14-,17?,18?,19?,20+,21-;2*12-;11-;;;;;;/m00000....../s1. The normalized spacial score (nSPS) is 36.5. The number of methoxy groups -OCH3 is 7. The average molecular weight is 1400 g/mol. The molecule has 6 saturated carbocycles. The van der Waals surface area contributed by atoms with Crippen molar-refractivity contribution in [3.05, 3.63) is 119 Å². The molecule has 0 spiro atoms. The Hall–Kier alpha value is -4.02. The van der Waals surface area contributed by atoms with Gasteiger partial charge in [0, 0.05) is 60.5 Å². The van der Waals surface area contributed by atoms with E-state index in [2.05, 4.69) is 110 Å². The van der Waals surface area contributed by atoms with Gasteiger partial charge in [0.05, 0.1) is 38.6 Å². The summed E-state index contributed by atoms with van der Waals surface area (Å²) in [5.74, 6) is 10.1. The molecule has 6 fully saturated rings. The van der Waals surface area contributed by atoms with Gasteiger partial charge in [-0.3, -0.25) is 9.59 Å². The molecule has 0 heterocycles. The van der Waals surface area contributed by atoms with E-state index in [0.29, 0.717) is 49.5 Å². The molecule has 14 aliphatic carbocycles. The molecule has 15 atom stereocenters. The van der Waals surface area contributed by atoms with Crippen molar-refractivity contribution in [2.24, 2.45) is 85.2 Å². The number of ketones is 2. The Bertz CT molecular complexity index is 2910. The zero-order valence-electron chi connectivity index (χ0n) is 64.9. The molecule has 0 bridgehead atoms. The molecule has 0 aromatic heterocycles. The Morgan fingerprint density at radius 2 is 0.792 bits per heavy atom. The molecule has 9 heteroatoms. The van der Waals surface area contributed by atoms with Gasteiger partial charge >= 0.3 is 0 Å². The van der Waals surface area contributed by atoms with Crippen molar-refractivity contribution in [1.29, 1.82) is 0 Å². The molecule has 101 heavy (non-hydrogen) atoms. The summed E-state index contributed by atoms with van der Waals surface area (Å²) in [4.78, 5) is 23.0. The van der Waals surface area contributed by atoms with Crippen LogP contribution in [-0.4, -0.2) is 72.9 Å². The lowest BCUT2D eigenvalue weighted by Gasteiger charge is -2.58. The van der Waals surface area contributed by atoms with Crippen LogP contribution < -0.4 is 0 Å². The molecule has 0 aromatic carbocycles. The Kier molecular flexibility index (Phi) is 33.2. The molecule has 0 saturated heterocycles. The van der Waals surface area contributed by atoms with Gasteiger partial charge in [-0.1, -0.05) is 126 Å². The average Bonchev–Trinajstić information content (AvgIpc) is 1.71. The molecule has 0 aromatic rings. The van der Waals surface area contributed by atoms with Gasteiger partial charge in [-0.25, -0.2) is 0 Å². The highest BCUT2D eigenvalue weighted by molar-refractivity contribution is 5.92. The smallest absolute Gasteiger partial charge is 0.161 e. The molecule has 6 unspecified atom stereocenters. The van der Waals surface area contributed by atoms with Crippen molar-refractivity contribution in [3.63, 3.8) is 0 Å². The van der Waals surface area contributed by atoms with Crippen molar-refractivity contribution < 1.29 is 42.7 Å². The number of rotatable bonds is 9. The van der Waals surface area contributed by atoms with Crippen LogP contribution in [0.5, 0.6) is 0 Å². The van der Waals surface area contributed by atoms with Crippen LogP contribution in [0.2, 0.25) is 0 Å². The zero-order chi connectivity index (χ0) is 70.8. The van der Waals surface area contributed by atoms with Crippen molar-refractivity contribution in [2.75, 3.05) is 49.8 Å². The summed E-state index contributed by atoms with van der Waals surface area (Å²) in [6, 6.07) is 0. The molecule has 9 nitrogen and oxygen atoms in total. The van der Waals surface area contributed by atoms with Gasteiger partial charge < -0.3 is 33.2 Å². The lowest BCUT2D eigenvalue weighted by atomic mass is 9.47. The summed E-state index contributed by atoms with van der Waals surface area (Å²) in [7, 11) is 11.8. The molecule has 0 N–H and O–H groups in total. The summed E-state index contributed by atoms with van der Waals surface area (Å²) < 4.78 is 35.6. The number of hydrogen-bond acceptors (Lipinski definition) is 9. The van der Waals surface area contributed by atoms with Crippen molar-refractivity contribution in [3.8, 4) is 0 Å². The Morgan fingerprint density at radius 3 is 1.25 bits per heavy atom. The number of hydrogen-bond donors (Lipinski definition) is 0. The maximum absolute atomic E-state index is 11.8. The molecular formula is C92H154O9. The quantitative estimate of drug-likeness (QED) is 0.165. The van der Waals surface area contributed by atoms with Gasteiger partial charge in [0.2, 0.25) is 0 Å². The first kappa shape index (κ1) is 89.4. The van der Waals surface area contributed by atoms with Crippen LogP contribution in [0.25, 0.3) is 0 Å². The number of carbonyl (C=O) groups excluding carboxylic acids is 2. The second kappa shape index (κ2) is 37.5. The van der Waals surface area contributed by atoms with Crippen LogP contribution in [0.1, 0.15) is 305 Å². The van der Waals surface area contributed by atoms with Crippen LogP contribution in [0.15, 0.2) is 119 Å². The van der Waals surface area contributed by atoms with E-state index in [1.807, 2.05) is 47.0 Å². The van der Waals surface area contributed by atoms with E-state index in [0.717, 1.165) is 104 Å². The predicted octanol–water partition coefficient (Wildman–Crippen LogP) is 25.5. The summed E-state index contributed by atoms with van der Waals surface area (Å²) in [6.07, 6.45) is 61.5. The third-order valence-corrected chi connectivity index (χ3v) is 29.1. The summed E-state index contributed by atoms with van der Waals surface area (Å²) in [6.45, 7) is 32.9. The van der Waals surface area contributed by atoms with Crippen molar-refractivity contribution in [2.45, 2.75) is 316 Å². The first-order valence-corrected chi connectivity index (χ1v) is 38.7. The van der Waals surface area contributed by atoms with E-state index in [-0.39, 0.29) is 29.7 Å². The van der Waals surface area contributed by atoms with Gasteiger partial charge in [0.1, 0.15) is 0 Å². The first-order chi connectivity index (χ1) is 45.9. The Labute approximate surface area is 621 Å². The summed E-state index contributed by atoms with van der Waals surface area (Å²) >= 11 is 0. The summed E-state index contributed by atoms with van der Waals surface area (Å²) in [5, 5.41) is 0. The predicted molar refractivity (Wildman–Crippen MR) is 427 cm³/mol. The van der Waals surface area contributed by atoms with Crippen molar-refractivity contribution >= 4 is 11.6 Å². The third kappa shape index (κ3) is 20.0. The molecule has 0 radical (unpaired) electrons. The van der Waals surface area contributed by atoms with E-state index in [1.54, 1.807) is 48.2 Å². The number of allylic oxidation sites excluding steroid dienone is 17. The SMILES string of the molecule is C.C.C.C.C=C[C@H]1CCC2C3CC=C4C=C(OC)CC[C@]4(C)C3CC[C@@]21C.C=C[C@H]1CCC2C3CCC4=CC(=O)CC[C@]4(C)C3CC[C@@]21C.COC(C)(C)OC.COC(C)(C)OC.COC1=CC2=CCCC[C@@]2(C)CC1.COC1=CC2=CCCC[C@@]2(C)CC1.C[C@@]12CCCCC1=CC(=O)CC2. The van der Waals surface area contributed by atoms with E-state index < -0.39 is 11.6 Å². The van der Waals surface area contributed by atoms with Gasteiger partial charge in [0.15, 0.2) is 23.1 Å². The van der Waals surface area contributed by atoms with E-state index >= 15 is 0 Å². The van der Waals surface area contributed by atoms with E-state index in [9.17, 15) is 9.59 Å². The van der Waals surface area contributed by atoms with E-state index in [1.165, 1.54) is 182 Å². The maximum atomic E-state index is 11.8. The number of carbonyl (C=O) groups is 2. The first-order valence-electron chi connectivity index (χ1n) is 38.7. The van der Waals surface area contributed by atoms with Gasteiger partial charge in [-0.2, -0.15) is 0 Å². The lowest BCUT2D eigenvalue weighted by Crippen LogP contribution is -2.50. The molecule has 14 rings (SSSR count). The Morgan fingerprint density at radius 1 is 0.386 bits per heavy atom. The number of ether oxygens (including phenoxy) is 7. The van der Waals surface area contributed by atoms with Crippen LogP contribution in [-0.2, 0) is 42.7 Å². The van der Waals surface area contributed by atoms with E-state index in [4.69, 9.17) is 33.2 Å². The topological polar surface area (TPSA) is 98.8 Å². The fourth-order valence-corrected chi connectivity index (χ4v) is 21.4. The molecule has 14 aliphatic rings. The zero-order valence-corrected chi connectivity index (χ0v) is 64.9. The van der Waals surface area contributed by atoms with Gasteiger partial charge in [-0.15, -0.1) is 13.2 Å². The third-order valence-electron chi connectivity index (χ3n) is 29.1. The fourth-order valence-electron chi connectivity index (χ4n) is 21.4. The minimum atomic E-state index is -0.417. The highest BCUT2D eigenvalue weighted by Crippen LogP contribution is 2.68. The molecule has 576 valence electrons. The molecule has 0 aliphatic heterocycles. The van der Waals surface area contributed by atoms with Gasteiger partial charge in [-0.05, 0) is 321 Å². The minimum absolute atomic E-state index is 0. The summed E-state index contributed by atoms with van der Waals surface area (Å²) in [5.41, 5.74) is 10.6. The minimum Gasteiger partial charge on any atom is -0.501 e. The van der Waals surface area contributed by atoms with Crippen LogP contribution >= 0.6 is 0 Å². The van der Waals surface area contributed by atoms with Crippen LogP contribution in [0, 0.1) is 85.2 Å². The monoisotopic (exact) mass is 1400 g/mol. The largest absolute Gasteiger partial charge is 0.501 e. The highest BCUT2D eigenvalue weighted by atomic mass is 16.7.